The van der Waals surface area contributed by atoms with Crippen LogP contribution in [0.1, 0.15) is 42.6 Å². The molecule has 29 heavy (non-hydrogen) atoms. The van der Waals surface area contributed by atoms with E-state index in [2.05, 4.69) is 36.0 Å². The third-order valence-corrected chi connectivity index (χ3v) is 5.06. The molecule has 0 amide bonds. The van der Waals surface area contributed by atoms with E-state index < -0.39 is 11.7 Å². The van der Waals surface area contributed by atoms with Crippen LogP contribution in [0.2, 0.25) is 0 Å². The summed E-state index contributed by atoms with van der Waals surface area (Å²) in [6, 6.07) is 0.486. The molecule has 0 aromatic carbocycles. The number of hydrogen-bond donors (Lipinski definition) is 2. The van der Waals surface area contributed by atoms with Crippen LogP contribution in [0.4, 0.5) is 30.6 Å². The van der Waals surface area contributed by atoms with E-state index in [1.165, 1.54) is 7.05 Å². The van der Waals surface area contributed by atoms with Gasteiger partial charge in [-0.15, -0.1) is 5.10 Å². The fourth-order valence-electron chi connectivity index (χ4n) is 3.58. The van der Waals surface area contributed by atoms with Crippen LogP contribution < -0.4 is 10.6 Å². The fourth-order valence-corrected chi connectivity index (χ4v) is 3.58. The van der Waals surface area contributed by atoms with Crippen molar-refractivity contribution in [2.45, 2.75) is 44.4 Å². The Labute approximate surface area is 164 Å². The van der Waals surface area contributed by atoms with Gasteiger partial charge in [0, 0.05) is 25.6 Å². The van der Waals surface area contributed by atoms with Gasteiger partial charge in [0.1, 0.15) is 11.4 Å². The first kappa shape index (κ1) is 19.2. The summed E-state index contributed by atoms with van der Waals surface area (Å²) in [6.07, 6.45) is 4.40. The van der Waals surface area contributed by atoms with E-state index >= 15 is 0 Å². The van der Waals surface area contributed by atoms with Gasteiger partial charge in [0.15, 0.2) is 0 Å². The SMILES string of the molecule is CNc1nc(Nc2cn([C@@H]3CC[C@@H](n4ccnn4)C3)nc2C)ncc1C(F)(F)F. The molecule has 0 unspecified atom stereocenters. The van der Waals surface area contributed by atoms with Gasteiger partial charge >= 0.3 is 6.18 Å². The highest BCUT2D eigenvalue weighted by molar-refractivity contribution is 5.57. The summed E-state index contributed by atoms with van der Waals surface area (Å²) in [4.78, 5) is 7.74. The molecule has 154 valence electrons. The van der Waals surface area contributed by atoms with Gasteiger partial charge in [-0.3, -0.25) is 4.68 Å². The van der Waals surface area contributed by atoms with Crippen molar-refractivity contribution in [3.8, 4) is 0 Å². The second-order valence-electron chi connectivity index (χ2n) is 6.94. The monoisotopic (exact) mass is 407 g/mol. The predicted molar refractivity (Wildman–Crippen MR) is 98.8 cm³/mol. The lowest BCUT2D eigenvalue weighted by atomic mass is 10.2. The molecule has 1 fully saturated rings. The minimum atomic E-state index is -4.53. The number of anilines is 3. The Morgan fingerprint density at radius 1 is 1.17 bits per heavy atom. The van der Waals surface area contributed by atoms with Gasteiger partial charge in [0.05, 0.1) is 29.7 Å². The molecule has 3 aromatic rings. The number of hydrogen-bond acceptors (Lipinski definition) is 7. The van der Waals surface area contributed by atoms with Crippen molar-refractivity contribution in [2.24, 2.45) is 0 Å². The normalized spacial score (nSPS) is 19.5. The molecular formula is C17H20F3N9. The van der Waals surface area contributed by atoms with E-state index in [9.17, 15) is 13.2 Å². The van der Waals surface area contributed by atoms with Gasteiger partial charge < -0.3 is 10.6 Å². The quantitative estimate of drug-likeness (QED) is 0.669. The number of alkyl halides is 3. The molecule has 0 radical (unpaired) electrons. The standard InChI is InChI=1S/C17H20F3N9/c1-10-14(24-16-22-8-13(17(18,19)20)15(21-2)25-16)9-29(26-10)12-4-3-11(7-12)28-6-5-23-27-28/h5-6,8-9,11-12H,3-4,7H2,1-2H3,(H2,21,22,24,25)/t11-,12-/m1/s1. The first-order chi connectivity index (χ1) is 13.8. The summed E-state index contributed by atoms with van der Waals surface area (Å²) in [7, 11) is 1.39. The van der Waals surface area contributed by atoms with E-state index in [4.69, 9.17) is 0 Å². The topological polar surface area (TPSA) is 98.4 Å². The Kier molecular flexibility index (Phi) is 4.84. The molecule has 2 atom stereocenters. The summed E-state index contributed by atoms with van der Waals surface area (Å²) in [5, 5.41) is 17.9. The second-order valence-corrected chi connectivity index (χ2v) is 6.94. The average molecular weight is 407 g/mol. The Hall–Kier alpha value is -3.18. The van der Waals surface area contributed by atoms with Crippen LogP contribution in [0.5, 0.6) is 0 Å². The van der Waals surface area contributed by atoms with Crippen LogP contribution in [0.3, 0.4) is 0 Å². The van der Waals surface area contributed by atoms with Gasteiger partial charge in [0.25, 0.3) is 0 Å². The first-order valence-corrected chi connectivity index (χ1v) is 9.15. The zero-order chi connectivity index (χ0) is 20.6. The Morgan fingerprint density at radius 2 is 1.93 bits per heavy atom. The van der Waals surface area contributed by atoms with Crippen LogP contribution in [0.15, 0.2) is 24.8 Å². The first-order valence-electron chi connectivity index (χ1n) is 9.15. The number of nitrogens with zero attached hydrogens (tertiary/aromatic N) is 7. The van der Waals surface area contributed by atoms with Crippen molar-refractivity contribution in [1.29, 1.82) is 0 Å². The smallest absolute Gasteiger partial charge is 0.372 e. The lowest BCUT2D eigenvalue weighted by Gasteiger charge is -2.13. The minimum Gasteiger partial charge on any atom is -0.372 e. The second kappa shape index (κ2) is 7.33. The molecule has 1 aliphatic carbocycles. The van der Waals surface area contributed by atoms with Crippen molar-refractivity contribution < 1.29 is 13.2 Å². The lowest BCUT2D eigenvalue weighted by molar-refractivity contribution is -0.137. The van der Waals surface area contributed by atoms with Crippen molar-refractivity contribution >= 4 is 17.5 Å². The molecule has 3 aromatic heterocycles. The third kappa shape index (κ3) is 3.87. The van der Waals surface area contributed by atoms with Crippen LogP contribution in [-0.2, 0) is 6.18 Å². The molecule has 0 aliphatic heterocycles. The van der Waals surface area contributed by atoms with E-state index in [0.717, 1.165) is 25.5 Å². The van der Waals surface area contributed by atoms with E-state index in [1.54, 1.807) is 6.20 Å². The summed E-state index contributed by atoms with van der Waals surface area (Å²) in [5.74, 6) is -0.219. The molecule has 0 spiro atoms. The van der Waals surface area contributed by atoms with Crippen molar-refractivity contribution in [1.82, 2.24) is 34.7 Å². The zero-order valence-corrected chi connectivity index (χ0v) is 15.8. The van der Waals surface area contributed by atoms with Gasteiger partial charge in [-0.05, 0) is 26.2 Å². The Morgan fingerprint density at radius 3 is 2.59 bits per heavy atom. The summed E-state index contributed by atoms with van der Waals surface area (Å²) < 4.78 is 42.8. The molecule has 0 bridgehead atoms. The molecular weight excluding hydrogens is 387 g/mol. The van der Waals surface area contributed by atoms with Gasteiger partial charge in [-0.25, -0.2) is 9.67 Å². The molecule has 2 N–H and O–H groups in total. The molecule has 9 nitrogen and oxygen atoms in total. The number of rotatable bonds is 5. The van der Waals surface area contributed by atoms with Crippen LogP contribution in [-0.4, -0.2) is 41.8 Å². The average Bonchev–Trinajstić information content (AvgIpc) is 3.41. The number of nitrogens with one attached hydrogen (secondary N) is 2. The molecule has 0 saturated heterocycles. The van der Waals surface area contributed by atoms with Crippen molar-refractivity contribution in [3.63, 3.8) is 0 Å². The largest absolute Gasteiger partial charge is 0.421 e. The highest BCUT2D eigenvalue weighted by atomic mass is 19.4. The van der Waals surface area contributed by atoms with E-state index in [1.807, 2.05) is 28.7 Å². The number of aromatic nitrogens is 7. The maximum Gasteiger partial charge on any atom is 0.421 e. The maximum absolute atomic E-state index is 13.0. The van der Waals surface area contributed by atoms with Crippen LogP contribution in [0, 0.1) is 6.92 Å². The molecule has 12 heteroatoms. The van der Waals surface area contributed by atoms with E-state index in [0.29, 0.717) is 11.4 Å². The molecule has 1 saturated carbocycles. The van der Waals surface area contributed by atoms with Crippen molar-refractivity contribution in [2.75, 3.05) is 17.7 Å². The maximum atomic E-state index is 13.0. The Balaban J connectivity index is 1.50. The number of halogens is 3. The summed E-state index contributed by atoms with van der Waals surface area (Å²) >= 11 is 0. The van der Waals surface area contributed by atoms with E-state index in [-0.39, 0.29) is 23.8 Å². The van der Waals surface area contributed by atoms with Crippen LogP contribution in [0.25, 0.3) is 0 Å². The Bertz CT molecular complexity index is 981. The third-order valence-electron chi connectivity index (χ3n) is 5.06. The predicted octanol–water partition coefficient (Wildman–Crippen LogP) is 3.34. The lowest BCUT2D eigenvalue weighted by Crippen LogP contribution is -2.12. The van der Waals surface area contributed by atoms with Crippen LogP contribution >= 0.6 is 0 Å². The molecule has 4 rings (SSSR count). The number of aryl methyl sites for hydroxylation is 1. The fraction of sp³-hybridized carbons (Fsp3) is 0.471. The van der Waals surface area contributed by atoms with Gasteiger partial charge in [0.2, 0.25) is 5.95 Å². The highest BCUT2D eigenvalue weighted by Gasteiger charge is 2.35. The highest BCUT2D eigenvalue weighted by Crippen LogP contribution is 2.38. The van der Waals surface area contributed by atoms with Gasteiger partial charge in [-0.1, -0.05) is 5.21 Å². The summed E-state index contributed by atoms with van der Waals surface area (Å²) in [5.41, 5.74) is 0.447. The zero-order valence-electron chi connectivity index (χ0n) is 15.8. The summed E-state index contributed by atoms with van der Waals surface area (Å²) in [6.45, 7) is 1.83. The minimum absolute atomic E-state index is 0.0666. The van der Waals surface area contributed by atoms with Gasteiger partial charge in [-0.2, -0.15) is 23.3 Å². The van der Waals surface area contributed by atoms with Crippen molar-refractivity contribution in [3.05, 3.63) is 36.0 Å². The molecule has 3 heterocycles. The molecule has 1 aliphatic rings.